The maximum absolute atomic E-state index is 9.06. The predicted octanol–water partition coefficient (Wildman–Crippen LogP) is 3.18. The van der Waals surface area contributed by atoms with Gasteiger partial charge in [-0.3, -0.25) is 9.58 Å². The molecule has 0 saturated carbocycles. The van der Waals surface area contributed by atoms with Crippen LogP contribution in [0.1, 0.15) is 30.0 Å². The van der Waals surface area contributed by atoms with Crippen LogP contribution >= 0.6 is 11.6 Å². The zero-order chi connectivity index (χ0) is 17.9. The van der Waals surface area contributed by atoms with Crippen LogP contribution in [0, 0.1) is 0 Å². The van der Waals surface area contributed by atoms with Gasteiger partial charge in [-0.2, -0.15) is 5.10 Å². The summed E-state index contributed by atoms with van der Waals surface area (Å²) in [5, 5.41) is 14.4. The van der Waals surface area contributed by atoms with Gasteiger partial charge in [0.15, 0.2) is 0 Å². The molecule has 26 heavy (non-hydrogen) atoms. The molecule has 0 unspecified atom stereocenters. The lowest BCUT2D eigenvalue weighted by molar-refractivity contribution is 0.212. The minimum Gasteiger partial charge on any atom is -0.489 e. The number of aliphatic hydroxyl groups excluding tert-OH is 1. The average molecular weight is 374 g/mol. The Bertz CT molecular complexity index is 802. The van der Waals surface area contributed by atoms with Crippen molar-refractivity contribution in [3.63, 3.8) is 0 Å². The largest absolute Gasteiger partial charge is 0.489 e. The number of aromatic nitrogens is 2. The number of aliphatic hydroxyl groups is 1. The van der Waals surface area contributed by atoms with Crippen LogP contribution in [0.15, 0.2) is 36.0 Å². The number of halogens is 1. The Labute approximate surface area is 158 Å². The van der Waals surface area contributed by atoms with E-state index in [9.17, 15) is 0 Å². The molecule has 0 bridgehead atoms. The molecular weight excluding hydrogens is 350 g/mol. The van der Waals surface area contributed by atoms with Crippen molar-refractivity contribution in [2.45, 2.75) is 25.3 Å². The van der Waals surface area contributed by atoms with E-state index in [1.165, 1.54) is 18.4 Å². The summed E-state index contributed by atoms with van der Waals surface area (Å²) in [4.78, 5) is 2.49. The molecule has 0 radical (unpaired) electrons. The third-order valence-electron chi connectivity index (χ3n) is 5.09. The number of fused-ring (bicyclic) bond motifs is 1. The molecule has 0 spiro atoms. The number of benzene rings is 1. The zero-order valence-electron chi connectivity index (χ0n) is 14.8. The second-order valence-electron chi connectivity index (χ2n) is 7.07. The fourth-order valence-electron chi connectivity index (χ4n) is 3.84. The highest BCUT2D eigenvalue weighted by Gasteiger charge is 2.24. The average Bonchev–Trinajstić information content (AvgIpc) is 3.11. The van der Waals surface area contributed by atoms with Crippen LogP contribution in [-0.2, 0) is 6.54 Å². The highest BCUT2D eigenvalue weighted by molar-refractivity contribution is 6.30. The van der Waals surface area contributed by atoms with Crippen molar-refractivity contribution in [1.29, 1.82) is 0 Å². The number of hydrogen-bond donors (Lipinski definition) is 1. The Morgan fingerprint density at radius 3 is 3.12 bits per heavy atom. The Morgan fingerprint density at radius 1 is 1.31 bits per heavy atom. The number of nitrogens with zero attached hydrogens (tertiary/aromatic N) is 3. The smallest absolute Gasteiger partial charge is 0.127 e. The Balaban J connectivity index is 1.42. The Kier molecular flexibility index (Phi) is 5.29. The molecule has 1 saturated heterocycles. The van der Waals surface area contributed by atoms with Crippen molar-refractivity contribution in [3.05, 3.63) is 52.3 Å². The summed E-state index contributed by atoms with van der Waals surface area (Å²) in [5.74, 6) is 1.36. The third kappa shape index (κ3) is 3.95. The van der Waals surface area contributed by atoms with Crippen molar-refractivity contribution >= 4 is 17.7 Å². The van der Waals surface area contributed by atoms with Gasteiger partial charge < -0.3 is 9.84 Å². The highest BCUT2D eigenvalue weighted by atomic mass is 35.5. The molecule has 4 rings (SSSR count). The molecule has 2 aromatic rings. The van der Waals surface area contributed by atoms with Crippen LogP contribution in [0.25, 0.3) is 6.08 Å². The number of ether oxygens (including phenoxy) is 1. The van der Waals surface area contributed by atoms with E-state index in [4.69, 9.17) is 21.4 Å². The zero-order valence-corrected chi connectivity index (χ0v) is 15.5. The van der Waals surface area contributed by atoms with Crippen molar-refractivity contribution in [3.8, 4) is 5.75 Å². The van der Waals surface area contributed by atoms with Crippen molar-refractivity contribution in [1.82, 2.24) is 14.7 Å². The first-order valence-corrected chi connectivity index (χ1v) is 9.57. The lowest BCUT2D eigenvalue weighted by atomic mass is 9.94. The van der Waals surface area contributed by atoms with Gasteiger partial charge >= 0.3 is 0 Å². The molecule has 3 heterocycles. The van der Waals surface area contributed by atoms with Gasteiger partial charge in [0.05, 0.1) is 18.8 Å². The summed E-state index contributed by atoms with van der Waals surface area (Å²) < 4.78 is 7.71. The summed E-state index contributed by atoms with van der Waals surface area (Å²) in [6, 6.07) is 7.85. The van der Waals surface area contributed by atoms with Crippen LogP contribution < -0.4 is 4.74 Å². The van der Waals surface area contributed by atoms with Crippen LogP contribution in [0.4, 0.5) is 0 Å². The van der Waals surface area contributed by atoms with Gasteiger partial charge in [0, 0.05) is 35.8 Å². The minimum atomic E-state index is 0.123. The first-order chi connectivity index (χ1) is 12.7. The predicted molar refractivity (Wildman–Crippen MR) is 103 cm³/mol. The van der Waals surface area contributed by atoms with E-state index in [0.717, 1.165) is 41.7 Å². The maximum atomic E-state index is 9.06. The molecule has 2 aliphatic heterocycles. The van der Waals surface area contributed by atoms with Gasteiger partial charge in [0.2, 0.25) is 0 Å². The van der Waals surface area contributed by atoms with Crippen LogP contribution in [-0.4, -0.2) is 52.6 Å². The van der Waals surface area contributed by atoms with Crippen LogP contribution in [0.3, 0.4) is 0 Å². The summed E-state index contributed by atoms with van der Waals surface area (Å²) in [5.41, 5.74) is 3.48. The van der Waals surface area contributed by atoms with Crippen LogP contribution in [0.2, 0.25) is 5.02 Å². The molecule has 0 amide bonds. The standard InChI is InChI=1S/C20H24ClN3O2/c21-18-3-4-20-17(11-18)10-15(14-26-20)12-23-6-1-2-16(13-23)19-5-7-24(22-19)8-9-25/h3-5,7,10-11,16,25H,1-2,6,8-9,12-14H2/t16-/m1/s1. The van der Waals surface area contributed by atoms with E-state index < -0.39 is 0 Å². The molecule has 5 nitrogen and oxygen atoms in total. The highest BCUT2D eigenvalue weighted by Crippen LogP contribution is 2.31. The molecule has 0 aliphatic carbocycles. The van der Waals surface area contributed by atoms with Gasteiger partial charge in [0.25, 0.3) is 0 Å². The van der Waals surface area contributed by atoms with Gasteiger partial charge in [-0.15, -0.1) is 0 Å². The summed E-state index contributed by atoms with van der Waals surface area (Å²) >= 11 is 6.11. The molecule has 138 valence electrons. The minimum absolute atomic E-state index is 0.123. The lowest BCUT2D eigenvalue weighted by Gasteiger charge is -2.33. The summed E-state index contributed by atoms with van der Waals surface area (Å²) in [7, 11) is 0. The summed E-state index contributed by atoms with van der Waals surface area (Å²) in [6.45, 7) is 4.35. The van der Waals surface area contributed by atoms with Crippen molar-refractivity contribution in [2.24, 2.45) is 0 Å². The number of likely N-dealkylation sites (tertiary alicyclic amines) is 1. The van der Waals surface area contributed by atoms with E-state index in [2.05, 4.69) is 22.1 Å². The quantitative estimate of drug-likeness (QED) is 0.874. The molecule has 1 fully saturated rings. The fourth-order valence-corrected chi connectivity index (χ4v) is 4.02. The molecule has 1 atom stereocenters. The fraction of sp³-hybridized carbons (Fsp3) is 0.450. The Morgan fingerprint density at radius 2 is 2.23 bits per heavy atom. The van der Waals surface area contributed by atoms with E-state index >= 15 is 0 Å². The van der Waals surface area contributed by atoms with E-state index in [1.807, 2.05) is 29.1 Å². The lowest BCUT2D eigenvalue weighted by Crippen LogP contribution is -2.36. The van der Waals surface area contributed by atoms with Gasteiger partial charge in [-0.05, 0) is 55.3 Å². The van der Waals surface area contributed by atoms with E-state index in [-0.39, 0.29) is 6.61 Å². The normalized spacial score (nSPS) is 20.4. The number of piperidine rings is 1. The second-order valence-corrected chi connectivity index (χ2v) is 7.51. The first-order valence-electron chi connectivity index (χ1n) is 9.19. The molecule has 2 aliphatic rings. The number of rotatable bonds is 5. The third-order valence-corrected chi connectivity index (χ3v) is 5.32. The SMILES string of the molecule is OCCn1ccc([C@@H]2CCCN(CC3=Cc4cc(Cl)ccc4OC3)C2)n1. The molecule has 1 aromatic carbocycles. The van der Waals surface area contributed by atoms with Crippen molar-refractivity contribution < 1.29 is 9.84 Å². The molecular formula is C20H24ClN3O2. The van der Waals surface area contributed by atoms with Gasteiger partial charge in [0.1, 0.15) is 12.4 Å². The van der Waals surface area contributed by atoms with Crippen LogP contribution in [0.5, 0.6) is 5.75 Å². The molecule has 1 N–H and O–H groups in total. The van der Waals surface area contributed by atoms with E-state index in [1.54, 1.807) is 0 Å². The Hall–Kier alpha value is -1.82. The summed E-state index contributed by atoms with van der Waals surface area (Å²) in [6.07, 6.45) is 6.52. The van der Waals surface area contributed by atoms with Crippen molar-refractivity contribution in [2.75, 3.05) is 32.8 Å². The first kappa shape index (κ1) is 17.6. The van der Waals surface area contributed by atoms with Gasteiger partial charge in [-0.1, -0.05) is 11.6 Å². The number of hydrogen-bond acceptors (Lipinski definition) is 4. The van der Waals surface area contributed by atoms with Gasteiger partial charge in [-0.25, -0.2) is 0 Å². The topological polar surface area (TPSA) is 50.5 Å². The monoisotopic (exact) mass is 373 g/mol. The maximum Gasteiger partial charge on any atom is 0.127 e. The van der Waals surface area contributed by atoms with E-state index in [0.29, 0.717) is 19.1 Å². The molecule has 1 aromatic heterocycles. The molecule has 6 heteroatoms. The second kappa shape index (κ2) is 7.82.